The van der Waals surface area contributed by atoms with E-state index in [2.05, 4.69) is 28.5 Å². The zero-order chi connectivity index (χ0) is 24.3. The zero-order valence-electron chi connectivity index (χ0n) is 20.0. The van der Waals surface area contributed by atoms with Crippen molar-refractivity contribution in [1.29, 1.82) is 0 Å². The minimum Gasteiger partial charge on any atom is -0.390 e. The maximum Gasteiger partial charge on any atom is 0.224 e. The van der Waals surface area contributed by atoms with E-state index in [1.807, 2.05) is 26.1 Å². The largest absolute Gasteiger partial charge is 0.390 e. The smallest absolute Gasteiger partial charge is 0.224 e. The van der Waals surface area contributed by atoms with Gasteiger partial charge < -0.3 is 20.5 Å². The maximum atomic E-state index is 10.6. The van der Waals surface area contributed by atoms with Gasteiger partial charge in [0.15, 0.2) is 0 Å². The first-order valence-electron chi connectivity index (χ1n) is 11.6. The molecule has 0 radical (unpaired) electrons. The maximum absolute atomic E-state index is 10.6. The Kier molecular flexibility index (Phi) is 7.31. The molecule has 2 fully saturated rings. The molecular weight excluding hydrogens is 448 g/mol. The van der Waals surface area contributed by atoms with Gasteiger partial charge in [-0.3, -0.25) is 4.98 Å². The van der Waals surface area contributed by atoms with Crippen molar-refractivity contribution < 1.29 is 9.84 Å². The molecule has 3 heterocycles. The first kappa shape index (κ1) is 24.3. The van der Waals surface area contributed by atoms with Gasteiger partial charge in [-0.2, -0.15) is 4.98 Å². The van der Waals surface area contributed by atoms with E-state index < -0.39 is 5.60 Å². The molecule has 0 aromatic carbocycles. The van der Waals surface area contributed by atoms with Gasteiger partial charge in [0.2, 0.25) is 5.95 Å². The first-order chi connectivity index (χ1) is 16.5. The van der Waals surface area contributed by atoms with E-state index >= 15 is 0 Å². The lowest BCUT2D eigenvalue weighted by atomic mass is 9.98. The number of ether oxygens (including phenoxy) is 1. The van der Waals surface area contributed by atoms with Crippen LogP contribution in [0.2, 0.25) is 0 Å². The Morgan fingerprint density at radius 2 is 1.97 bits per heavy atom. The number of fused-ring (bicyclic) bond motifs is 1. The van der Waals surface area contributed by atoms with Gasteiger partial charge in [-0.15, -0.1) is 24.2 Å². The number of aryl methyl sites for hydroxylation is 2. The predicted molar refractivity (Wildman–Crippen MR) is 137 cm³/mol. The highest BCUT2D eigenvalue weighted by Crippen LogP contribution is 2.49. The normalized spacial score (nSPS) is 20.5. The summed E-state index contributed by atoms with van der Waals surface area (Å²) in [6, 6.07) is 2.29. The molecule has 2 aliphatic rings. The molecule has 34 heavy (non-hydrogen) atoms. The number of nitrogens with one attached hydrogen (secondary N) is 2. The molecule has 2 aliphatic carbocycles. The Labute approximate surface area is 204 Å². The van der Waals surface area contributed by atoms with Crippen molar-refractivity contribution in [2.45, 2.75) is 57.6 Å². The van der Waals surface area contributed by atoms with Gasteiger partial charge in [-0.1, -0.05) is 0 Å². The van der Waals surface area contributed by atoms with E-state index in [1.54, 1.807) is 18.4 Å². The van der Waals surface area contributed by atoms with Crippen LogP contribution in [-0.4, -0.2) is 56.9 Å². The molecule has 2 saturated carbocycles. The molecule has 0 bridgehead atoms. The molecule has 0 amide bonds. The van der Waals surface area contributed by atoms with Gasteiger partial charge in [0, 0.05) is 25.9 Å². The molecule has 2 atom stereocenters. The van der Waals surface area contributed by atoms with Crippen LogP contribution in [0.1, 0.15) is 43.5 Å². The highest BCUT2D eigenvalue weighted by Gasteiger charge is 2.50. The van der Waals surface area contributed by atoms with E-state index in [0.717, 1.165) is 70.1 Å². The van der Waals surface area contributed by atoms with Crippen molar-refractivity contribution in [3.05, 3.63) is 23.7 Å². The summed E-state index contributed by atoms with van der Waals surface area (Å²) < 4.78 is 6.26. The number of terminal acetylenes is 1. The lowest BCUT2D eigenvalue weighted by Crippen LogP contribution is -2.23. The quantitative estimate of drug-likeness (QED) is 0.326. The second-order valence-electron chi connectivity index (χ2n) is 8.99. The topological polar surface area (TPSA) is 105 Å². The fourth-order valence-corrected chi connectivity index (χ4v) is 5.81. The molecule has 0 saturated heterocycles. The van der Waals surface area contributed by atoms with Crippen molar-refractivity contribution in [2.75, 3.05) is 30.9 Å². The minimum atomic E-state index is -0.425. The van der Waals surface area contributed by atoms with Crippen LogP contribution in [0.4, 0.5) is 11.8 Å². The summed E-state index contributed by atoms with van der Waals surface area (Å²) in [6.45, 7) is 5.21. The average molecular weight is 481 g/mol. The van der Waals surface area contributed by atoms with Gasteiger partial charge in [-0.05, 0) is 57.9 Å². The Morgan fingerprint density at radius 3 is 2.68 bits per heavy atom. The number of rotatable bonds is 8. The molecule has 1 unspecified atom stereocenters. The van der Waals surface area contributed by atoms with Crippen molar-refractivity contribution >= 4 is 33.3 Å². The molecular formula is C25H32N6O2S. The summed E-state index contributed by atoms with van der Waals surface area (Å²) in [7, 11) is 1.68. The van der Waals surface area contributed by atoms with Crippen LogP contribution in [-0.2, 0) is 4.74 Å². The Bertz CT molecular complexity index is 1170. The number of hydrogen-bond donors (Lipinski definition) is 3. The summed E-state index contributed by atoms with van der Waals surface area (Å²) in [5.74, 6) is 1.76. The van der Waals surface area contributed by atoms with E-state index in [1.165, 1.54) is 0 Å². The number of hydrogen-bond acceptors (Lipinski definition) is 9. The van der Waals surface area contributed by atoms with Crippen LogP contribution < -0.4 is 10.6 Å². The van der Waals surface area contributed by atoms with Crippen molar-refractivity contribution in [2.24, 2.45) is 5.92 Å². The van der Waals surface area contributed by atoms with Gasteiger partial charge in [0.1, 0.15) is 16.3 Å². The number of pyridine rings is 1. The highest BCUT2D eigenvalue weighted by atomic mass is 32.1. The molecule has 3 aromatic rings. The highest BCUT2D eigenvalue weighted by molar-refractivity contribution is 7.21. The van der Waals surface area contributed by atoms with E-state index in [0.29, 0.717) is 25.0 Å². The number of anilines is 2. The minimum absolute atomic E-state index is 0.280. The van der Waals surface area contributed by atoms with Crippen LogP contribution >= 0.6 is 11.3 Å². The summed E-state index contributed by atoms with van der Waals surface area (Å²) in [6.07, 6.45) is 14.8. The van der Waals surface area contributed by atoms with E-state index in [9.17, 15) is 5.11 Å². The third-order valence-corrected chi connectivity index (χ3v) is 7.72. The first-order valence-corrected chi connectivity index (χ1v) is 12.4. The summed E-state index contributed by atoms with van der Waals surface area (Å²) in [5, 5.41) is 18.4. The Morgan fingerprint density at radius 1 is 1.18 bits per heavy atom. The fourth-order valence-electron chi connectivity index (χ4n) is 4.70. The standard InChI is InChI=1S/C23H30N6O2S.C2H2/c1-13-18(21-28-19-14(2)24-9-6-17(19)32-21)20(29-22(26-13)25-10-11-31-3)27-16-5-4-15(12-16)23(30)7-8-23;1-2/h6,9,15-16,30H,4-5,7-8,10-12H2,1-3H3,(H2,25,26,27,29);1-2H/t15?,16-;/m0./s1. The zero-order valence-corrected chi connectivity index (χ0v) is 20.8. The van der Waals surface area contributed by atoms with Crippen LogP contribution in [0, 0.1) is 32.6 Å². The number of aromatic nitrogens is 4. The van der Waals surface area contributed by atoms with Gasteiger partial charge in [0.25, 0.3) is 0 Å². The Hall–Kier alpha value is -2.80. The summed E-state index contributed by atoms with van der Waals surface area (Å²) >= 11 is 1.64. The Balaban J connectivity index is 0.00000133. The van der Waals surface area contributed by atoms with Gasteiger partial charge in [-0.25, -0.2) is 9.97 Å². The third-order valence-electron chi connectivity index (χ3n) is 6.68. The van der Waals surface area contributed by atoms with Gasteiger partial charge in [0.05, 0.1) is 33.9 Å². The third kappa shape index (κ3) is 4.99. The van der Waals surface area contributed by atoms with Crippen LogP contribution in [0.3, 0.4) is 0 Å². The second kappa shape index (κ2) is 10.2. The van der Waals surface area contributed by atoms with Gasteiger partial charge >= 0.3 is 0 Å². The predicted octanol–water partition coefficient (Wildman–Crippen LogP) is 4.18. The van der Waals surface area contributed by atoms with Crippen molar-refractivity contribution in [3.63, 3.8) is 0 Å². The lowest BCUT2D eigenvalue weighted by Gasteiger charge is -2.20. The molecule has 0 aliphatic heterocycles. The molecule has 3 aromatic heterocycles. The number of nitrogens with zero attached hydrogens (tertiary/aromatic N) is 4. The van der Waals surface area contributed by atoms with E-state index in [4.69, 9.17) is 19.7 Å². The lowest BCUT2D eigenvalue weighted by molar-refractivity contribution is 0.0847. The molecule has 8 nitrogen and oxygen atoms in total. The van der Waals surface area contributed by atoms with Crippen LogP contribution in [0.25, 0.3) is 20.8 Å². The number of thiazole rings is 1. The average Bonchev–Trinajstić information content (AvgIpc) is 3.21. The number of methoxy groups -OCH3 is 1. The summed E-state index contributed by atoms with van der Waals surface area (Å²) in [4.78, 5) is 18.8. The molecule has 9 heteroatoms. The SMILES string of the molecule is C#C.COCCNc1nc(C)c(-c2nc3c(C)nccc3s2)c(N[C@H]2CCC(C3(O)CC3)C2)n1. The molecule has 0 spiro atoms. The number of aliphatic hydroxyl groups is 1. The molecule has 3 N–H and O–H groups in total. The molecule has 180 valence electrons. The monoisotopic (exact) mass is 480 g/mol. The van der Waals surface area contributed by atoms with Crippen molar-refractivity contribution in [1.82, 2.24) is 19.9 Å². The molecule has 5 rings (SSSR count). The van der Waals surface area contributed by atoms with Crippen molar-refractivity contribution in [3.8, 4) is 23.4 Å². The second-order valence-corrected chi connectivity index (χ2v) is 10.0. The summed E-state index contributed by atoms with van der Waals surface area (Å²) in [5.41, 5.74) is 3.24. The fraction of sp³-hybridized carbons (Fsp3) is 0.520. The van der Waals surface area contributed by atoms with Crippen LogP contribution in [0.5, 0.6) is 0 Å². The van der Waals surface area contributed by atoms with E-state index in [-0.39, 0.29) is 6.04 Å². The van der Waals surface area contributed by atoms with Crippen LogP contribution in [0.15, 0.2) is 12.3 Å².